The lowest BCUT2D eigenvalue weighted by molar-refractivity contribution is 0.415. The molecule has 0 saturated heterocycles. The van der Waals surface area contributed by atoms with Gasteiger partial charge in [0.1, 0.15) is 11.8 Å². The van der Waals surface area contributed by atoms with Crippen LogP contribution in [0.1, 0.15) is 11.1 Å². The molecule has 0 spiro atoms. The third-order valence-electron chi connectivity index (χ3n) is 5.12. The summed E-state index contributed by atoms with van der Waals surface area (Å²) in [5.41, 5.74) is 4.16. The van der Waals surface area contributed by atoms with Gasteiger partial charge in [0.05, 0.1) is 52.8 Å². The van der Waals surface area contributed by atoms with Crippen LogP contribution >= 0.6 is 11.6 Å². The molecule has 152 valence electrons. The quantitative estimate of drug-likeness (QED) is 0.469. The van der Waals surface area contributed by atoms with Gasteiger partial charge in [-0.15, -0.1) is 0 Å². The Balaban J connectivity index is 1.72. The van der Waals surface area contributed by atoms with Crippen molar-refractivity contribution in [2.24, 2.45) is 0 Å². The zero-order valence-corrected chi connectivity index (χ0v) is 17.1. The van der Waals surface area contributed by atoms with Gasteiger partial charge in [-0.05, 0) is 42.0 Å². The Hall–Kier alpha value is -4.09. The van der Waals surface area contributed by atoms with Crippen molar-refractivity contribution < 1.29 is 4.74 Å². The average molecular weight is 431 g/mol. The van der Waals surface area contributed by atoms with Crippen LogP contribution in [0.4, 0.5) is 0 Å². The first-order chi connectivity index (χ1) is 15.1. The number of hydrogen-bond donors (Lipinski definition) is 1. The molecule has 0 fully saturated rings. The van der Waals surface area contributed by atoms with Crippen LogP contribution in [0.2, 0.25) is 5.02 Å². The van der Waals surface area contributed by atoms with E-state index >= 15 is 0 Å². The van der Waals surface area contributed by atoms with E-state index in [1.165, 1.54) is 10.8 Å². The highest BCUT2D eigenvalue weighted by Gasteiger charge is 2.18. The molecule has 5 aromatic rings. The first-order valence-corrected chi connectivity index (χ1v) is 9.74. The van der Waals surface area contributed by atoms with Crippen molar-refractivity contribution in [2.75, 3.05) is 7.11 Å². The Bertz CT molecular complexity index is 1560. The minimum atomic E-state index is -0.278. The maximum atomic E-state index is 13.5. The Labute approximate surface area is 180 Å². The van der Waals surface area contributed by atoms with Crippen molar-refractivity contribution in [1.29, 1.82) is 5.26 Å². The summed E-state index contributed by atoms with van der Waals surface area (Å²) in [4.78, 5) is 25.2. The molecule has 0 aliphatic carbocycles. The van der Waals surface area contributed by atoms with E-state index < -0.39 is 0 Å². The fraction of sp³-hybridized carbons (Fsp3) is 0.0909. The SMILES string of the molecule is COc1ccc(Cn2c(=O)n(-c3ccc4[nH]cnc4c3)c3ncc(C#N)cc32)cc1Cl. The first kappa shape index (κ1) is 18.9. The number of hydrogen-bond acceptors (Lipinski definition) is 5. The van der Waals surface area contributed by atoms with Crippen LogP contribution in [-0.2, 0) is 6.54 Å². The number of nitrogens with zero attached hydrogens (tertiary/aromatic N) is 5. The molecule has 0 atom stereocenters. The predicted octanol–water partition coefficient (Wildman–Crippen LogP) is 3.65. The molecule has 0 saturated carbocycles. The smallest absolute Gasteiger partial charge is 0.335 e. The Kier molecular flexibility index (Phi) is 4.46. The van der Waals surface area contributed by atoms with E-state index in [0.29, 0.717) is 33.2 Å². The molecule has 0 amide bonds. The molecule has 9 heteroatoms. The van der Waals surface area contributed by atoms with Gasteiger partial charge in [0.15, 0.2) is 5.65 Å². The van der Waals surface area contributed by atoms with Gasteiger partial charge in [-0.2, -0.15) is 5.26 Å². The van der Waals surface area contributed by atoms with E-state index in [0.717, 1.165) is 16.6 Å². The van der Waals surface area contributed by atoms with E-state index in [1.54, 1.807) is 36.2 Å². The molecule has 0 bridgehead atoms. The maximum absolute atomic E-state index is 13.5. The summed E-state index contributed by atoms with van der Waals surface area (Å²) in [6.07, 6.45) is 3.06. The number of fused-ring (bicyclic) bond motifs is 2. The van der Waals surface area contributed by atoms with Gasteiger partial charge in [0.25, 0.3) is 0 Å². The number of nitrogens with one attached hydrogen (secondary N) is 1. The molecule has 8 nitrogen and oxygen atoms in total. The second-order valence-corrected chi connectivity index (χ2v) is 7.36. The van der Waals surface area contributed by atoms with Gasteiger partial charge in [0.2, 0.25) is 0 Å². The molecule has 2 aromatic carbocycles. The number of imidazole rings is 2. The van der Waals surface area contributed by atoms with Crippen LogP contribution in [0.5, 0.6) is 5.75 Å². The monoisotopic (exact) mass is 430 g/mol. The number of halogens is 1. The topological polar surface area (TPSA) is 102 Å². The lowest BCUT2D eigenvalue weighted by atomic mass is 10.2. The summed E-state index contributed by atoms with van der Waals surface area (Å²) >= 11 is 6.26. The number of nitriles is 1. The molecular formula is C22H15ClN6O2. The molecule has 0 aliphatic heterocycles. The van der Waals surface area contributed by atoms with Crippen molar-refractivity contribution in [3.63, 3.8) is 0 Å². The number of aromatic nitrogens is 5. The Morgan fingerprint density at radius 2 is 2.06 bits per heavy atom. The van der Waals surface area contributed by atoms with Crippen molar-refractivity contribution in [3.05, 3.63) is 81.6 Å². The number of pyridine rings is 1. The van der Waals surface area contributed by atoms with Crippen molar-refractivity contribution >= 4 is 33.8 Å². The van der Waals surface area contributed by atoms with Crippen LogP contribution < -0.4 is 10.4 Å². The number of benzene rings is 2. The maximum Gasteiger partial charge on any atom is 0.335 e. The van der Waals surface area contributed by atoms with Crippen LogP contribution in [0, 0.1) is 11.3 Å². The van der Waals surface area contributed by atoms with Gasteiger partial charge in [-0.1, -0.05) is 17.7 Å². The lowest BCUT2D eigenvalue weighted by Gasteiger charge is -2.07. The summed E-state index contributed by atoms with van der Waals surface area (Å²) < 4.78 is 8.31. The van der Waals surface area contributed by atoms with Crippen molar-refractivity contribution in [2.45, 2.75) is 6.54 Å². The summed E-state index contributed by atoms with van der Waals surface area (Å²) in [7, 11) is 1.55. The average Bonchev–Trinajstić information content (AvgIpc) is 3.35. The van der Waals surface area contributed by atoms with Crippen LogP contribution in [0.25, 0.3) is 27.9 Å². The number of aromatic amines is 1. The van der Waals surface area contributed by atoms with Gasteiger partial charge in [0, 0.05) is 6.20 Å². The van der Waals surface area contributed by atoms with Gasteiger partial charge >= 0.3 is 5.69 Å². The van der Waals surface area contributed by atoms with Gasteiger partial charge in [-0.25, -0.2) is 19.3 Å². The first-order valence-electron chi connectivity index (χ1n) is 9.36. The second kappa shape index (κ2) is 7.31. The molecule has 3 aromatic heterocycles. The molecule has 31 heavy (non-hydrogen) atoms. The molecule has 1 N–H and O–H groups in total. The van der Waals surface area contributed by atoms with Gasteiger partial charge in [-0.3, -0.25) is 4.57 Å². The highest BCUT2D eigenvalue weighted by molar-refractivity contribution is 6.32. The number of ether oxygens (including phenoxy) is 1. The zero-order valence-electron chi connectivity index (χ0n) is 16.3. The van der Waals surface area contributed by atoms with E-state index in [9.17, 15) is 10.1 Å². The predicted molar refractivity (Wildman–Crippen MR) is 117 cm³/mol. The zero-order chi connectivity index (χ0) is 21.5. The third-order valence-corrected chi connectivity index (χ3v) is 5.42. The highest BCUT2D eigenvalue weighted by Crippen LogP contribution is 2.26. The minimum absolute atomic E-state index is 0.257. The van der Waals surface area contributed by atoms with E-state index in [-0.39, 0.29) is 12.2 Å². The largest absolute Gasteiger partial charge is 0.495 e. The molecule has 0 radical (unpaired) electrons. The summed E-state index contributed by atoms with van der Waals surface area (Å²) in [6.45, 7) is 0.257. The lowest BCUT2D eigenvalue weighted by Crippen LogP contribution is -2.23. The normalized spacial score (nSPS) is 11.1. The van der Waals surface area contributed by atoms with E-state index in [2.05, 4.69) is 21.0 Å². The minimum Gasteiger partial charge on any atom is -0.495 e. The van der Waals surface area contributed by atoms with Gasteiger partial charge < -0.3 is 9.72 Å². The molecule has 5 rings (SSSR count). The standard InChI is InChI=1S/C22H15ClN6O2/c1-31-20-5-2-13(6-16(20)23)11-28-19-7-14(9-24)10-25-21(19)29(22(28)30)15-3-4-17-18(8-15)27-12-26-17/h2-8,10,12H,11H2,1H3,(H,26,27). The third kappa shape index (κ3) is 3.12. The Morgan fingerprint density at radius 1 is 1.19 bits per heavy atom. The number of rotatable bonds is 4. The summed E-state index contributed by atoms with van der Waals surface area (Å²) in [5.74, 6) is 0.556. The molecule has 3 heterocycles. The van der Waals surface area contributed by atoms with Crippen LogP contribution in [-0.4, -0.2) is 31.2 Å². The number of methoxy groups -OCH3 is 1. The van der Waals surface area contributed by atoms with E-state index in [1.807, 2.05) is 24.3 Å². The second-order valence-electron chi connectivity index (χ2n) is 6.96. The molecule has 0 aliphatic rings. The summed E-state index contributed by atoms with van der Waals surface area (Å²) in [5, 5.41) is 9.79. The highest BCUT2D eigenvalue weighted by atomic mass is 35.5. The Morgan fingerprint density at radius 3 is 2.84 bits per heavy atom. The molecule has 0 unspecified atom stereocenters. The van der Waals surface area contributed by atoms with Crippen LogP contribution in [0.15, 0.2) is 59.8 Å². The van der Waals surface area contributed by atoms with Crippen LogP contribution in [0.3, 0.4) is 0 Å². The van der Waals surface area contributed by atoms with E-state index in [4.69, 9.17) is 16.3 Å². The fourth-order valence-corrected chi connectivity index (χ4v) is 3.91. The van der Waals surface area contributed by atoms with Crippen molar-refractivity contribution in [3.8, 4) is 17.5 Å². The molecular weight excluding hydrogens is 416 g/mol. The fourth-order valence-electron chi connectivity index (χ4n) is 3.63. The van der Waals surface area contributed by atoms with Crippen molar-refractivity contribution in [1.82, 2.24) is 24.1 Å². The number of H-pyrrole nitrogens is 1. The summed E-state index contributed by atoms with van der Waals surface area (Å²) in [6, 6.07) is 14.6.